The van der Waals surface area contributed by atoms with Crippen molar-refractivity contribution >= 4 is 28.8 Å². The van der Waals surface area contributed by atoms with Crippen LogP contribution in [0.4, 0.5) is 16.2 Å². The fourth-order valence-corrected chi connectivity index (χ4v) is 4.44. The largest absolute Gasteiger partial charge is 0.408 e. The summed E-state index contributed by atoms with van der Waals surface area (Å²) in [5.74, 6) is 0.0500. The minimum absolute atomic E-state index is 0.0483. The normalized spacial score (nSPS) is 13.9. The first-order valence-electron chi connectivity index (χ1n) is 11.8. The molecular formula is C26H22FN9O2. The Labute approximate surface area is 215 Å². The van der Waals surface area contributed by atoms with Gasteiger partial charge in [0.1, 0.15) is 23.0 Å². The molecule has 38 heavy (non-hydrogen) atoms. The summed E-state index contributed by atoms with van der Waals surface area (Å²) >= 11 is 0. The van der Waals surface area contributed by atoms with E-state index in [0.717, 1.165) is 0 Å². The van der Waals surface area contributed by atoms with Crippen LogP contribution in [0.2, 0.25) is 0 Å². The number of fused-ring (bicyclic) bond motifs is 2. The van der Waals surface area contributed by atoms with Crippen LogP contribution < -0.4 is 10.6 Å². The van der Waals surface area contributed by atoms with Crippen molar-refractivity contribution in [3.05, 3.63) is 83.4 Å². The van der Waals surface area contributed by atoms with E-state index in [4.69, 9.17) is 14.5 Å². The van der Waals surface area contributed by atoms with Crippen LogP contribution in [0, 0.1) is 12.7 Å². The third-order valence-electron chi connectivity index (χ3n) is 6.52. The van der Waals surface area contributed by atoms with Gasteiger partial charge in [0.25, 0.3) is 5.91 Å². The molecule has 0 unspecified atom stereocenters. The molecule has 0 aliphatic carbocycles. The van der Waals surface area contributed by atoms with Crippen LogP contribution in [-0.2, 0) is 12.0 Å². The summed E-state index contributed by atoms with van der Waals surface area (Å²) in [6.07, 6.45) is 1.63. The number of allylic oxidation sites excluding steroid dienone is 1. The molecule has 0 fully saturated rings. The highest BCUT2D eigenvalue weighted by molar-refractivity contribution is 6.05. The Bertz CT molecular complexity index is 1760. The Morgan fingerprint density at radius 2 is 2.00 bits per heavy atom. The van der Waals surface area contributed by atoms with Crippen molar-refractivity contribution in [1.29, 1.82) is 0 Å². The summed E-state index contributed by atoms with van der Waals surface area (Å²) in [7, 11) is 0. The quantitative estimate of drug-likeness (QED) is 0.355. The number of carbonyl (C=O) groups excluding carboxylic acids is 1. The third kappa shape index (κ3) is 3.77. The minimum atomic E-state index is -0.640. The van der Waals surface area contributed by atoms with E-state index in [1.807, 2.05) is 19.9 Å². The van der Waals surface area contributed by atoms with Crippen molar-refractivity contribution in [2.24, 2.45) is 0 Å². The van der Waals surface area contributed by atoms with Gasteiger partial charge in [0.05, 0.1) is 11.9 Å². The molecule has 0 radical (unpaired) electrons. The predicted octanol–water partition coefficient (Wildman–Crippen LogP) is 4.24. The van der Waals surface area contributed by atoms with E-state index in [0.29, 0.717) is 45.3 Å². The smallest absolute Gasteiger partial charge is 0.322 e. The van der Waals surface area contributed by atoms with Gasteiger partial charge in [-0.05, 0) is 18.2 Å². The first-order chi connectivity index (χ1) is 18.2. The highest BCUT2D eigenvalue weighted by Gasteiger charge is 2.40. The molecule has 1 amide bonds. The fraction of sp³-hybridized carbons (Fsp3) is 0.192. The molecule has 11 nitrogen and oxygen atoms in total. The summed E-state index contributed by atoms with van der Waals surface area (Å²) in [6.45, 7) is 9.72. The fourth-order valence-electron chi connectivity index (χ4n) is 4.44. The van der Waals surface area contributed by atoms with Crippen molar-refractivity contribution in [2.45, 2.75) is 32.7 Å². The maximum atomic E-state index is 14.4. The van der Waals surface area contributed by atoms with Crippen LogP contribution in [-0.4, -0.2) is 40.8 Å². The van der Waals surface area contributed by atoms with Gasteiger partial charge in [0.15, 0.2) is 11.5 Å². The topological polar surface area (TPSA) is 137 Å². The van der Waals surface area contributed by atoms with Gasteiger partial charge >= 0.3 is 6.01 Å². The highest BCUT2D eigenvalue weighted by atomic mass is 19.1. The maximum absolute atomic E-state index is 14.4. The molecule has 0 saturated heterocycles. The zero-order valence-electron chi connectivity index (χ0n) is 20.8. The van der Waals surface area contributed by atoms with Gasteiger partial charge in [-0.1, -0.05) is 43.7 Å². The number of pyridine rings is 1. The lowest BCUT2D eigenvalue weighted by Crippen LogP contribution is -2.24. The third-order valence-corrected chi connectivity index (χ3v) is 6.52. The number of hydrogen-bond acceptors (Lipinski definition) is 9. The minimum Gasteiger partial charge on any atom is -0.408 e. The van der Waals surface area contributed by atoms with E-state index in [-0.39, 0.29) is 29.9 Å². The van der Waals surface area contributed by atoms with Crippen LogP contribution in [0.3, 0.4) is 0 Å². The second-order valence-electron chi connectivity index (χ2n) is 9.40. The average Bonchev–Trinajstić information content (AvgIpc) is 3.54. The van der Waals surface area contributed by atoms with E-state index < -0.39 is 11.3 Å². The maximum Gasteiger partial charge on any atom is 0.322 e. The van der Waals surface area contributed by atoms with Crippen LogP contribution in [0.5, 0.6) is 0 Å². The van der Waals surface area contributed by atoms with Gasteiger partial charge in [-0.25, -0.2) is 24.0 Å². The monoisotopic (exact) mass is 511 g/mol. The molecule has 5 heterocycles. The number of rotatable bonds is 5. The molecule has 1 aliphatic rings. The Balaban J connectivity index is 1.50. The van der Waals surface area contributed by atoms with Crippen LogP contribution in [0.1, 0.15) is 41.4 Å². The first-order valence-corrected chi connectivity index (χ1v) is 11.8. The van der Waals surface area contributed by atoms with Crippen LogP contribution >= 0.6 is 0 Å². The number of hydrogen-bond donors (Lipinski definition) is 2. The van der Waals surface area contributed by atoms with Gasteiger partial charge in [-0.15, -0.1) is 5.10 Å². The van der Waals surface area contributed by atoms with Crippen molar-refractivity contribution in [2.75, 3.05) is 10.6 Å². The Morgan fingerprint density at radius 3 is 2.76 bits per heavy atom. The summed E-state index contributed by atoms with van der Waals surface area (Å²) in [4.78, 5) is 27.3. The molecule has 1 aliphatic heterocycles. The first kappa shape index (κ1) is 23.4. The molecule has 4 aromatic heterocycles. The Morgan fingerprint density at radius 1 is 1.18 bits per heavy atom. The molecule has 190 valence electrons. The summed E-state index contributed by atoms with van der Waals surface area (Å²) < 4.78 is 21.3. The summed E-state index contributed by atoms with van der Waals surface area (Å²) in [5, 5.41) is 18.8. The van der Waals surface area contributed by atoms with Gasteiger partial charge < -0.3 is 9.73 Å². The lowest BCUT2D eigenvalue weighted by molar-refractivity contribution is 0.101. The van der Waals surface area contributed by atoms with Crippen LogP contribution in [0.25, 0.3) is 22.6 Å². The molecule has 0 atom stereocenters. The lowest BCUT2D eigenvalue weighted by atomic mass is 9.84. The van der Waals surface area contributed by atoms with Crippen molar-refractivity contribution < 1.29 is 13.6 Å². The molecule has 5 aromatic rings. The average molecular weight is 512 g/mol. The number of amides is 1. The Kier molecular flexibility index (Phi) is 5.26. The SMILES string of the molecule is C=C1Nc2nc(-c3nn(Cc4ccccc4F)c4ncccc34)nc(C(=O)Nc3nnc(C)o3)c2C1(C)C. The predicted molar refractivity (Wildman–Crippen MR) is 137 cm³/mol. The molecular weight excluding hydrogens is 489 g/mol. The highest BCUT2D eigenvalue weighted by Crippen LogP contribution is 2.44. The van der Waals surface area contributed by atoms with Crippen molar-refractivity contribution in [3.63, 3.8) is 0 Å². The van der Waals surface area contributed by atoms with Gasteiger partial charge in [-0.3, -0.25) is 10.1 Å². The second-order valence-corrected chi connectivity index (χ2v) is 9.40. The number of aryl methyl sites for hydroxylation is 1. The molecule has 12 heteroatoms. The molecule has 1 aromatic carbocycles. The summed E-state index contributed by atoms with van der Waals surface area (Å²) in [6, 6.07) is 10.0. The molecule has 0 bridgehead atoms. The molecule has 0 saturated carbocycles. The van der Waals surface area contributed by atoms with Gasteiger partial charge in [0.2, 0.25) is 5.89 Å². The zero-order valence-corrected chi connectivity index (χ0v) is 20.8. The molecule has 6 rings (SSSR count). The number of anilines is 2. The summed E-state index contributed by atoms with van der Waals surface area (Å²) in [5.41, 5.74) is 2.09. The number of nitrogens with one attached hydrogen (secondary N) is 2. The Hall–Kier alpha value is -5.00. The van der Waals surface area contributed by atoms with E-state index in [1.165, 1.54) is 6.07 Å². The van der Waals surface area contributed by atoms with E-state index in [9.17, 15) is 9.18 Å². The van der Waals surface area contributed by atoms with Crippen molar-refractivity contribution in [1.82, 2.24) is 34.9 Å². The second kappa shape index (κ2) is 8.54. The zero-order chi connectivity index (χ0) is 26.6. The molecule has 2 N–H and O–H groups in total. The number of benzene rings is 1. The number of halogens is 1. The number of aromatic nitrogens is 7. The van der Waals surface area contributed by atoms with Gasteiger partial charge in [0, 0.05) is 35.4 Å². The van der Waals surface area contributed by atoms with E-state index in [2.05, 4.69) is 37.4 Å². The van der Waals surface area contributed by atoms with Crippen molar-refractivity contribution in [3.8, 4) is 11.5 Å². The number of nitrogens with zero attached hydrogens (tertiary/aromatic N) is 7. The van der Waals surface area contributed by atoms with E-state index in [1.54, 1.807) is 42.1 Å². The lowest BCUT2D eigenvalue weighted by Gasteiger charge is -2.20. The standard InChI is InChI=1S/C26H22FN9O2/c1-13-26(3,4)18-20(24(37)32-25-34-33-14(2)38-25)30-22(31-21(18)29-13)19-16-9-7-11-28-23(16)36(35-19)12-15-8-5-6-10-17(15)27/h5-11H,1,12H2,2-4H3,(H,29,30,31)(H,32,34,37). The van der Waals surface area contributed by atoms with Crippen LogP contribution in [0.15, 0.2) is 59.3 Å². The number of carbonyl (C=O) groups is 1. The van der Waals surface area contributed by atoms with Gasteiger partial charge in [-0.2, -0.15) is 5.10 Å². The molecule has 0 spiro atoms. The van der Waals surface area contributed by atoms with E-state index >= 15 is 0 Å².